The lowest BCUT2D eigenvalue weighted by Crippen LogP contribution is -2.50. The first-order valence-corrected chi connectivity index (χ1v) is 9.18. The fourth-order valence-electron chi connectivity index (χ4n) is 3.10. The highest BCUT2D eigenvalue weighted by atomic mass is 16.2. The average Bonchev–Trinajstić information content (AvgIpc) is 2.46. The Kier molecular flexibility index (Phi) is 9.73. The maximum absolute atomic E-state index is 11.9. The maximum Gasteiger partial charge on any atom is 0.222 e. The van der Waals surface area contributed by atoms with Crippen molar-refractivity contribution in [2.24, 2.45) is 11.7 Å². The van der Waals surface area contributed by atoms with Crippen LogP contribution in [0.25, 0.3) is 0 Å². The van der Waals surface area contributed by atoms with E-state index in [2.05, 4.69) is 13.8 Å². The molecule has 1 fully saturated rings. The first-order chi connectivity index (χ1) is 10.1. The Bertz CT molecular complexity index is 280. The van der Waals surface area contributed by atoms with Crippen molar-refractivity contribution in [3.05, 3.63) is 0 Å². The molecule has 0 aromatic rings. The van der Waals surface area contributed by atoms with Gasteiger partial charge in [-0.15, -0.1) is 0 Å². The normalized spacial score (nSPS) is 22.8. The van der Waals surface area contributed by atoms with Gasteiger partial charge in [0.15, 0.2) is 0 Å². The fourth-order valence-corrected chi connectivity index (χ4v) is 3.10. The van der Waals surface area contributed by atoms with Crippen LogP contribution in [-0.2, 0) is 4.79 Å². The van der Waals surface area contributed by atoms with Crippen LogP contribution in [0.15, 0.2) is 0 Å². The van der Waals surface area contributed by atoms with E-state index in [0.29, 0.717) is 18.2 Å². The van der Waals surface area contributed by atoms with E-state index >= 15 is 0 Å². The summed E-state index contributed by atoms with van der Waals surface area (Å²) in [5, 5.41) is 0. The van der Waals surface area contributed by atoms with E-state index in [1.54, 1.807) is 0 Å². The Labute approximate surface area is 131 Å². The summed E-state index contributed by atoms with van der Waals surface area (Å²) in [6.45, 7) is 6.02. The van der Waals surface area contributed by atoms with Gasteiger partial charge in [-0.1, -0.05) is 71.6 Å². The number of hydrogen-bond acceptors (Lipinski definition) is 2. The molecule has 2 atom stereocenters. The summed E-state index contributed by atoms with van der Waals surface area (Å²) < 4.78 is 0. The van der Waals surface area contributed by atoms with Gasteiger partial charge in [-0.05, 0) is 12.3 Å². The Morgan fingerprint density at radius 3 is 2.10 bits per heavy atom. The van der Waals surface area contributed by atoms with Crippen molar-refractivity contribution in [2.75, 3.05) is 13.1 Å². The first kappa shape index (κ1) is 18.5. The highest BCUT2D eigenvalue weighted by Crippen LogP contribution is 2.18. The zero-order valence-electron chi connectivity index (χ0n) is 14.3. The number of carbonyl (C=O) groups is 1. The molecule has 1 aliphatic heterocycles. The fraction of sp³-hybridized carbons (Fsp3) is 0.944. The first-order valence-electron chi connectivity index (χ1n) is 9.18. The monoisotopic (exact) mass is 296 g/mol. The summed E-state index contributed by atoms with van der Waals surface area (Å²) >= 11 is 0. The minimum absolute atomic E-state index is 0.172. The van der Waals surface area contributed by atoms with Crippen molar-refractivity contribution in [1.82, 2.24) is 4.90 Å². The summed E-state index contributed by atoms with van der Waals surface area (Å²) in [6, 6.07) is 0.172. The summed E-state index contributed by atoms with van der Waals surface area (Å²) in [5.74, 6) is 0.654. The molecule has 2 unspecified atom stereocenters. The molecular formula is C18H36N2O. The standard InChI is InChI=1S/C18H36N2O/c1-3-4-5-6-7-8-9-10-11-12-13-20-15-17(19)16(2)14-18(20)21/h16-17H,3-15,19H2,1-2H3. The SMILES string of the molecule is CCCCCCCCCCCCN1CC(N)C(C)CC1=O. The lowest BCUT2D eigenvalue weighted by Gasteiger charge is -2.34. The molecule has 124 valence electrons. The Balaban J connectivity index is 1.93. The molecule has 21 heavy (non-hydrogen) atoms. The van der Waals surface area contributed by atoms with E-state index in [-0.39, 0.29) is 6.04 Å². The third kappa shape index (κ3) is 7.85. The molecule has 0 bridgehead atoms. The predicted molar refractivity (Wildman–Crippen MR) is 90.2 cm³/mol. The van der Waals surface area contributed by atoms with Gasteiger partial charge in [-0.25, -0.2) is 0 Å². The van der Waals surface area contributed by atoms with E-state index in [1.807, 2.05) is 4.90 Å². The molecule has 0 radical (unpaired) electrons. The van der Waals surface area contributed by atoms with Crippen molar-refractivity contribution in [1.29, 1.82) is 0 Å². The van der Waals surface area contributed by atoms with Gasteiger partial charge >= 0.3 is 0 Å². The van der Waals surface area contributed by atoms with Crippen molar-refractivity contribution >= 4 is 5.91 Å². The summed E-state index contributed by atoms with van der Waals surface area (Å²) in [6.07, 6.45) is 14.0. The van der Waals surface area contributed by atoms with E-state index in [0.717, 1.165) is 19.5 Å². The van der Waals surface area contributed by atoms with Crippen LogP contribution in [0.2, 0.25) is 0 Å². The molecule has 2 N–H and O–H groups in total. The van der Waals surface area contributed by atoms with Gasteiger partial charge in [-0.3, -0.25) is 4.79 Å². The van der Waals surface area contributed by atoms with Crippen molar-refractivity contribution in [3.8, 4) is 0 Å². The summed E-state index contributed by atoms with van der Waals surface area (Å²) in [7, 11) is 0. The number of rotatable bonds is 11. The maximum atomic E-state index is 11.9. The van der Waals surface area contributed by atoms with Crippen LogP contribution in [0.5, 0.6) is 0 Å². The van der Waals surface area contributed by atoms with Crippen molar-refractivity contribution in [3.63, 3.8) is 0 Å². The Morgan fingerprint density at radius 2 is 1.52 bits per heavy atom. The number of nitrogens with zero attached hydrogens (tertiary/aromatic N) is 1. The molecule has 3 heteroatoms. The Hall–Kier alpha value is -0.570. The second-order valence-corrected chi connectivity index (χ2v) is 6.87. The van der Waals surface area contributed by atoms with Crippen LogP contribution < -0.4 is 5.73 Å². The third-order valence-electron chi connectivity index (χ3n) is 4.79. The van der Waals surface area contributed by atoms with Gasteiger partial charge in [0.05, 0.1) is 0 Å². The van der Waals surface area contributed by atoms with Crippen LogP contribution in [0.3, 0.4) is 0 Å². The van der Waals surface area contributed by atoms with Crippen LogP contribution in [-0.4, -0.2) is 29.9 Å². The smallest absolute Gasteiger partial charge is 0.222 e. The number of nitrogens with two attached hydrogens (primary N) is 1. The van der Waals surface area contributed by atoms with E-state index in [4.69, 9.17) is 5.73 Å². The lowest BCUT2D eigenvalue weighted by molar-refractivity contribution is -0.135. The molecule has 0 spiro atoms. The van der Waals surface area contributed by atoms with Crippen LogP contribution in [0.1, 0.15) is 84.5 Å². The number of unbranched alkanes of at least 4 members (excludes halogenated alkanes) is 9. The molecule has 1 aliphatic rings. The molecule has 3 nitrogen and oxygen atoms in total. The minimum atomic E-state index is 0.172. The van der Waals surface area contributed by atoms with Crippen molar-refractivity contribution in [2.45, 2.75) is 90.5 Å². The van der Waals surface area contributed by atoms with Gasteiger partial charge in [0, 0.05) is 25.6 Å². The lowest BCUT2D eigenvalue weighted by atomic mass is 9.93. The van der Waals surface area contributed by atoms with Gasteiger partial charge in [0.2, 0.25) is 5.91 Å². The number of likely N-dealkylation sites (tertiary alicyclic amines) is 1. The highest BCUT2D eigenvalue weighted by Gasteiger charge is 2.28. The molecule has 1 heterocycles. The molecule has 1 amide bonds. The number of piperidine rings is 1. The molecule has 0 aromatic heterocycles. The molecular weight excluding hydrogens is 260 g/mol. The van der Waals surface area contributed by atoms with Gasteiger partial charge in [-0.2, -0.15) is 0 Å². The van der Waals surface area contributed by atoms with Crippen LogP contribution >= 0.6 is 0 Å². The second kappa shape index (κ2) is 11.1. The van der Waals surface area contributed by atoms with Gasteiger partial charge in [0.1, 0.15) is 0 Å². The molecule has 0 aromatic carbocycles. The quantitative estimate of drug-likeness (QED) is 0.583. The molecule has 1 rings (SSSR count). The third-order valence-corrected chi connectivity index (χ3v) is 4.79. The van der Waals surface area contributed by atoms with Gasteiger partial charge in [0.25, 0.3) is 0 Å². The number of carbonyl (C=O) groups excluding carboxylic acids is 1. The number of hydrogen-bond donors (Lipinski definition) is 1. The topological polar surface area (TPSA) is 46.3 Å². The number of amides is 1. The predicted octanol–water partition coefficient (Wildman–Crippen LogP) is 4.10. The van der Waals surface area contributed by atoms with Gasteiger partial charge < -0.3 is 10.6 Å². The summed E-state index contributed by atoms with van der Waals surface area (Å²) in [4.78, 5) is 13.9. The highest BCUT2D eigenvalue weighted by molar-refractivity contribution is 5.77. The largest absolute Gasteiger partial charge is 0.341 e. The van der Waals surface area contributed by atoms with Crippen LogP contribution in [0.4, 0.5) is 0 Å². The minimum Gasteiger partial charge on any atom is -0.341 e. The van der Waals surface area contributed by atoms with E-state index in [9.17, 15) is 4.79 Å². The Morgan fingerprint density at radius 1 is 1.00 bits per heavy atom. The van der Waals surface area contributed by atoms with E-state index in [1.165, 1.54) is 57.8 Å². The molecule has 1 saturated heterocycles. The molecule has 0 aliphatic carbocycles. The second-order valence-electron chi connectivity index (χ2n) is 6.87. The summed E-state index contributed by atoms with van der Waals surface area (Å²) in [5.41, 5.74) is 6.06. The van der Waals surface area contributed by atoms with Crippen molar-refractivity contribution < 1.29 is 4.79 Å². The van der Waals surface area contributed by atoms with Crippen LogP contribution in [0, 0.1) is 5.92 Å². The average molecular weight is 296 g/mol. The zero-order chi connectivity index (χ0) is 15.5. The van der Waals surface area contributed by atoms with E-state index < -0.39 is 0 Å². The zero-order valence-corrected chi connectivity index (χ0v) is 14.3. The molecule has 0 saturated carbocycles.